The molecule has 1 saturated carbocycles. The molecule has 4 nitrogen and oxygen atoms in total. The van der Waals surface area contributed by atoms with Crippen molar-refractivity contribution in [1.29, 1.82) is 0 Å². The zero-order valence-electron chi connectivity index (χ0n) is 13.4. The Hall–Kier alpha value is -0.910. The highest BCUT2D eigenvalue weighted by molar-refractivity contribution is 7.07. The van der Waals surface area contributed by atoms with Crippen molar-refractivity contribution < 1.29 is 14.6 Å². The zero-order chi connectivity index (χ0) is 15.8. The van der Waals surface area contributed by atoms with Gasteiger partial charge in [-0.1, -0.05) is 0 Å². The van der Waals surface area contributed by atoms with Crippen molar-refractivity contribution in [3.05, 3.63) is 22.4 Å². The molecule has 5 heteroatoms. The predicted octanol–water partition coefficient (Wildman–Crippen LogP) is 2.46. The van der Waals surface area contributed by atoms with E-state index in [1.807, 2.05) is 10.3 Å². The van der Waals surface area contributed by atoms with Gasteiger partial charge in [0.25, 0.3) is 0 Å². The van der Waals surface area contributed by atoms with E-state index in [1.165, 1.54) is 5.56 Å². The van der Waals surface area contributed by atoms with E-state index in [2.05, 4.69) is 18.4 Å². The van der Waals surface area contributed by atoms with E-state index >= 15 is 0 Å². The third-order valence-corrected chi connectivity index (χ3v) is 6.67. The summed E-state index contributed by atoms with van der Waals surface area (Å²) in [6.45, 7) is 3.56. The number of nitrogens with zero attached hydrogens (tertiary/aromatic N) is 1. The molecule has 3 rings (SSSR count). The van der Waals surface area contributed by atoms with E-state index in [0.717, 1.165) is 32.4 Å². The van der Waals surface area contributed by atoms with Gasteiger partial charge in [-0.05, 0) is 48.6 Å². The first-order chi connectivity index (χ1) is 10.5. The number of methoxy groups -OCH3 is 1. The number of thiophene rings is 1. The number of likely N-dealkylation sites (tertiary alicyclic amines) is 1. The minimum absolute atomic E-state index is 0.161. The lowest BCUT2D eigenvalue weighted by molar-refractivity contribution is -0.261. The highest BCUT2D eigenvalue weighted by Gasteiger charge is 2.63. The van der Waals surface area contributed by atoms with Gasteiger partial charge in [-0.25, -0.2) is 0 Å². The molecule has 0 radical (unpaired) electrons. The summed E-state index contributed by atoms with van der Waals surface area (Å²) in [7, 11) is 1.73. The van der Waals surface area contributed by atoms with Crippen LogP contribution in [0.15, 0.2) is 16.8 Å². The molecule has 1 N–H and O–H groups in total. The lowest BCUT2D eigenvalue weighted by atomic mass is 9.51. The first kappa shape index (κ1) is 16.0. The van der Waals surface area contributed by atoms with Crippen LogP contribution in [0.3, 0.4) is 0 Å². The molecular weight excluding hydrogens is 298 g/mol. The lowest BCUT2D eigenvalue weighted by Crippen LogP contribution is -2.69. The molecule has 0 aromatic carbocycles. The number of amides is 1. The molecule has 22 heavy (non-hydrogen) atoms. The van der Waals surface area contributed by atoms with Gasteiger partial charge < -0.3 is 14.7 Å². The van der Waals surface area contributed by atoms with Gasteiger partial charge in [-0.2, -0.15) is 11.3 Å². The number of aryl methyl sites for hydroxylation is 1. The van der Waals surface area contributed by atoms with E-state index in [0.29, 0.717) is 12.8 Å². The van der Waals surface area contributed by atoms with Crippen molar-refractivity contribution in [2.24, 2.45) is 5.41 Å². The molecule has 1 aromatic heterocycles. The van der Waals surface area contributed by atoms with Gasteiger partial charge in [-0.15, -0.1) is 0 Å². The molecule has 1 aromatic rings. The third-order valence-electron chi connectivity index (χ3n) is 5.94. The average Bonchev–Trinajstić information content (AvgIpc) is 3.06. The molecule has 2 aliphatic rings. The average molecular weight is 323 g/mol. The van der Waals surface area contributed by atoms with Crippen molar-refractivity contribution in [1.82, 2.24) is 4.90 Å². The van der Waals surface area contributed by atoms with Gasteiger partial charge in [0.1, 0.15) is 0 Å². The second-order valence-electron chi connectivity index (χ2n) is 6.82. The molecule has 1 aliphatic carbocycles. The second kappa shape index (κ2) is 5.95. The Labute approximate surface area is 136 Å². The van der Waals surface area contributed by atoms with Crippen LogP contribution in [0.25, 0.3) is 0 Å². The number of rotatable bonds is 4. The van der Waals surface area contributed by atoms with Gasteiger partial charge in [0.2, 0.25) is 5.91 Å². The molecule has 2 heterocycles. The number of piperidine rings is 1. The maximum atomic E-state index is 12.4. The molecule has 2 unspecified atom stereocenters. The quantitative estimate of drug-likeness (QED) is 0.926. The number of aliphatic hydroxyl groups excluding tert-OH is 1. The van der Waals surface area contributed by atoms with Crippen LogP contribution in [0.2, 0.25) is 0 Å². The van der Waals surface area contributed by atoms with Crippen LogP contribution in [-0.2, 0) is 16.0 Å². The van der Waals surface area contributed by atoms with E-state index < -0.39 is 0 Å². The van der Waals surface area contributed by atoms with Gasteiger partial charge in [0, 0.05) is 38.5 Å². The Kier molecular flexibility index (Phi) is 4.32. The van der Waals surface area contributed by atoms with Crippen molar-refractivity contribution in [3.63, 3.8) is 0 Å². The SMILES string of the molecule is COC1(C)CC(O)C12CCN(C(=O)CCc1ccsc1)CC2. The zero-order valence-corrected chi connectivity index (χ0v) is 14.2. The Morgan fingerprint density at radius 3 is 2.77 bits per heavy atom. The van der Waals surface area contributed by atoms with Gasteiger partial charge >= 0.3 is 0 Å². The van der Waals surface area contributed by atoms with Crippen LogP contribution in [0, 0.1) is 5.41 Å². The summed E-state index contributed by atoms with van der Waals surface area (Å²) in [6, 6.07) is 2.08. The predicted molar refractivity (Wildman–Crippen MR) is 86.9 cm³/mol. The second-order valence-corrected chi connectivity index (χ2v) is 7.60. The topological polar surface area (TPSA) is 49.8 Å². The fourth-order valence-corrected chi connectivity index (χ4v) is 4.84. The molecule has 1 amide bonds. The number of hydrogen-bond acceptors (Lipinski definition) is 4. The van der Waals surface area contributed by atoms with Crippen LogP contribution < -0.4 is 0 Å². The maximum Gasteiger partial charge on any atom is 0.222 e. The summed E-state index contributed by atoms with van der Waals surface area (Å²) >= 11 is 1.67. The molecule has 0 bridgehead atoms. The van der Waals surface area contributed by atoms with Crippen molar-refractivity contribution >= 4 is 17.2 Å². The summed E-state index contributed by atoms with van der Waals surface area (Å²) in [5, 5.41) is 14.4. The highest BCUT2D eigenvalue weighted by atomic mass is 32.1. The lowest BCUT2D eigenvalue weighted by Gasteiger charge is -2.62. The number of ether oxygens (including phenoxy) is 1. The molecule has 2 atom stereocenters. The van der Waals surface area contributed by atoms with Crippen molar-refractivity contribution in [3.8, 4) is 0 Å². The normalized spacial score (nSPS) is 30.3. The molecule has 2 fully saturated rings. The van der Waals surface area contributed by atoms with E-state index in [1.54, 1.807) is 18.4 Å². The monoisotopic (exact) mass is 323 g/mol. The Bertz CT molecular complexity index is 522. The number of carbonyl (C=O) groups excluding carboxylic acids is 1. The van der Waals surface area contributed by atoms with Gasteiger partial charge in [0.05, 0.1) is 11.7 Å². The van der Waals surface area contributed by atoms with E-state index in [4.69, 9.17) is 4.74 Å². The van der Waals surface area contributed by atoms with Gasteiger partial charge in [0.15, 0.2) is 0 Å². The number of hydrogen-bond donors (Lipinski definition) is 1. The minimum atomic E-state index is -0.291. The Morgan fingerprint density at radius 1 is 1.50 bits per heavy atom. The molecule has 1 spiro atoms. The van der Waals surface area contributed by atoms with E-state index in [-0.39, 0.29) is 23.0 Å². The first-order valence-electron chi connectivity index (χ1n) is 8.03. The Balaban J connectivity index is 1.54. The minimum Gasteiger partial charge on any atom is -0.392 e. The van der Waals surface area contributed by atoms with Crippen LogP contribution in [-0.4, -0.2) is 47.8 Å². The fourth-order valence-electron chi connectivity index (χ4n) is 4.14. The molecule has 122 valence electrons. The number of carbonyl (C=O) groups is 1. The largest absolute Gasteiger partial charge is 0.392 e. The third kappa shape index (κ3) is 2.49. The van der Waals surface area contributed by atoms with Crippen LogP contribution >= 0.6 is 11.3 Å². The summed E-state index contributed by atoms with van der Waals surface area (Å²) in [6.07, 6.45) is 3.48. The summed E-state index contributed by atoms with van der Waals surface area (Å²) in [5.74, 6) is 0.231. The van der Waals surface area contributed by atoms with Crippen LogP contribution in [0.5, 0.6) is 0 Å². The van der Waals surface area contributed by atoms with Crippen LogP contribution in [0.1, 0.15) is 38.2 Å². The smallest absolute Gasteiger partial charge is 0.222 e. The first-order valence-corrected chi connectivity index (χ1v) is 8.97. The summed E-state index contributed by atoms with van der Waals surface area (Å²) in [5.41, 5.74) is 0.845. The standard InChI is InChI=1S/C17H25NO3S/c1-16(21-2)11-14(19)17(16)6-8-18(9-7-17)15(20)4-3-13-5-10-22-12-13/h5,10,12,14,19H,3-4,6-9,11H2,1-2H3. The molecular formula is C17H25NO3S. The Morgan fingerprint density at radius 2 is 2.23 bits per heavy atom. The summed E-state index contributed by atoms with van der Waals surface area (Å²) < 4.78 is 5.67. The van der Waals surface area contributed by atoms with E-state index in [9.17, 15) is 9.90 Å². The maximum absolute atomic E-state index is 12.4. The highest BCUT2D eigenvalue weighted by Crippen LogP contribution is 2.57. The van der Waals surface area contributed by atoms with Crippen molar-refractivity contribution in [2.45, 2.75) is 50.7 Å². The molecule has 1 aliphatic heterocycles. The van der Waals surface area contributed by atoms with Gasteiger partial charge in [-0.3, -0.25) is 4.79 Å². The fraction of sp³-hybridized carbons (Fsp3) is 0.706. The van der Waals surface area contributed by atoms with Crippen molar-refractivity contribution in [2.75, 3.05) is 20.2 Å². The molecule has 1 saturated heterocycles. The number of aliphatic hydroxyl groups is 1. The van der Waals surface area contributed by atoms with Crippen LogP contribution in [0.4, 0.5) is 0 Å². The summed E-state index contributed by atoms with van der Waals surface area (Å²) in [4.78, 5) is 14.3.